The molecule has 0 aliphatic heterocycles. The molecular formula is C14H15O5P. The quantitative estimate of drug-likeness (QED) is 0.854. The molecular weight excluding hydrogens is 279 g/mol. The van der Waals surface area contributed by atoms with Crippen LogP contribution in [0, 0.1) is 6.92 Å². The van der Waals surface area contributed by atoms with Gasteiger partial charge in [0.25, 0.3) is 0 Å². The molecule has 2 aromatic rings. The normalized spacial score (nSPS) is 11.8. The lowest BCUT2D eigenvalue weighted by Crippen LogP contribution is -1.93. The average Bonchev–Trinajstić information content (AvgIpc) is 2.40. The van der Waals surface area contributed by atoms with Crippen molar-refractivity contribution in [3.05, 3.63) is 48.0 Å². The largest absolute Gasteiger partial charge is 0.493 e. The highest BCUT2D eigenvalue weighted by Crippen LogP contribution is 2.42. The van der Waals surface area contributed by atoms with E-state index in [9.17, 15) is 4.57 Å². The number of aryl methyl sites for hydroxylation is 1. The fraction of sp³-hybridized carbons (Fsp3) is 0.143. The summed E-state index contributed by atoms with van der Waals surface area (Å²) in [6.07, 6.45) is 0. The molecule has 0 aliphatic rings. The van der Waals surface area contributed by atoms with E-state index in [1.807, 2.05) is 25.1 Å². The number of hydrogen-bond acceptors (Lipinski definition) is 4. The third kappa shape index (κ3) is 3.53. The topological polar surface area (TPSA) is 65.0 Å². The molecule has 1 N–H and O–H groups in total. The van der Waals surface area contributed by atoms with Crippen LogP contribution in [0.4, 0.5) is 0 Å². The Labute approximate surface area is 117 Å². The highest BCUT2D eigenvalue weighted by atomic mass is 31.1. The van der Waals surface area contributed by atoms with Gasteiger partial charge in [-0.05, 0) is 36.8 Å². The van der Waals surface area contributed by atoms with E-state index >= 15 is 0 Å². The summed E-state index contributed by atoms with van der Waals surface area (Å²) in [7, 11) is -1.70. The molecule has 0 saturated carbocycles. The van der Waals surface area contributed by atoms with Crippen molar-refractivity contribution in [3.63, 3.8) is 0 Å². The second-order valence-electron chi connectivity index (χ2n) is 4.07. The van der Waals surface area contributed by atoms with E-state index in [0.29, 0.717) is 17.2 Å². The molecule has 6 heteroatoms. The molecule has 0 radical (unpaired) electrons. The van der Waals surface area contributed by atoms with Crippen molar-refractivity contribution in [1.82, 2.24) is 0 Å². The number of methoxy groups -OCH3 is 1. The Kier molecular flexibility index (Phi) is 4.66. The van der Waals surface area contributed by atoms with Crippen LogP contribution < -0.4 is 14.0 Å². The summed E-state index contributed by atoms with van der Waals surface area (Å²) in [4.78, 5) is 8.97. The van der Waals surface area contributed by atoms with Crippen LogP contribution in [-0.4, -0.2) is 12.0 Å². The van der Waals surface area contributed by atoms with Crippen molar-refractivity contribution < 1.29 is 23.5 Å². The third-order valence-corrected chi connectivity index (χ3v) is 2.95. The molecule has 0 aromatic heterocycles. The maximum absolute atomic E-state index is 10.9. The van der Waals surface area contributed by atoms with Crippen LogP contribution in [-0.2, 0) is 4.57 Å². The molecule has 2 aromatic carbocycles. The smallest absolute Gasteiger partial charge is 0.365 e. The van der Waals surface area contributed by atoms with Gasteiger partial charge < -0.3 is 18.9 Å². The van der Waals surface area contributed by atoms with Crippen LogP contribution in [0.3, 0.4) is 0 Å². The zero-order valence-electron chi connectivity index (χ0n) is 11.1. The van der Waals surface area contributed by atoms with Gasteiger partial charge in [-0.1, -0.05) is 18.2 Å². The Hall–Kier alpha value is -1.97. The second kappa shape index (κ2) is 6.46. The first-order valence-electron chi connectivity index (χ1n) is 5.92. The van der Waals surface area contributed by atoms with Gasteiger partial charge in [0.1, 0.15) is 5.75 Å². The highest BCUT2D eigenvalue weighted by molar-refractivity contribution is 7.32. The summed E-state index contributed by atoms with van der Waals surface area (Å²) < 4.78 is 26.7. The van der Waals surface area contributed by atoms with Crippen molar-refractivity contribution >= 4 is 8.25 Å². The molecule has 0 saturated heterocycles. The van der Waals surface area contributed by atoms with Crippen molar-refractivity contribution in [2.45, 2.75) is 6.92 Å². The van der Waals surface area contributed by atoms with Crippen LogP contribution in [0.5, 0.6) is 23.0 Å². The average molecular weight is 294 g/mol. The van der Waals surface area contributed by atoms with Gasteiger partial charge in [0.15, 0.2) is 11.5 Å². The van der Waals surface area contributed by atoms with Crippen molar-refractivity contribution in [1.29, 1.82) is 0 Å². The zero-order chi connectivity index (χ0) is 14.5. The summed E-state index contributed by atoms with van der Waals surface area (Å²) >= 11 is 0. The van der Waals surface area contributed by atoms with E-state index in [0.717, 1.165) is 5.56 Å². The minimum Gasteiger partial charge on any atom is -0.493 e. The molecule has 106 valence electrons. The SMILES string of the molecule is COc1cccc(Oc2cccc(C)c2)c1O[PH](=O)O. The first-order chi connectivity index (χ1) is 9.60. The van der Waals surface area contributed by atoms with E-state index in [2.05, 4.69) is 0 Å². The van der Waals surface area contributed by atoms with Gasteiger partial charge in [-0.25, -0.2) is 4.57 Å². The van der Waals surface area contributed by atoms with Crippen LogP contribution in [0.25, 0.3) is 0 Å². The van der Waals surface area contributed by atoms with Crippen molar-refractivity contribution in [3.8, 4) is 23.0 Å². The standard InChI is InChI=1S/C14H15O5P/c1-10-5-3-6-11(9-10)18-13-8-4-7-12(17-2)14(13)19-20(15)16/h3-9,20H,1-2H3,(H,15,16). The van der Waals surface area contributed by atoms with E-state index in [-0.39, 0.29) is 5.75 Å². The lowest BCUT2D eigenvalue weighted by Gasteiger charge is -2.14. The highest BCUT2D eigenvalue weighted by Gasteiger charge is 2.14. The Balaban J connectivity index is 2.37. The van der Waals surface area contributed by atoms with Gasteiger partial charge in [0, 0.05) is 0 Å². The first-order valence-corrected chi connectivity index (χ1v) is 7.19. The Morgan fingerprint density at radius 2 is 1.80 bits per heavy atom. The number of rotatable bonds is 5. The van der Waals surface area contributed by atoms with Gasteiger partial charge >= 0.3 is 8.25 Å². The number of hydrogen-bond donors (Lipinski definition) is 1. The summed E-state index contributed by atoms with van der Waals surface area (Å²) in [6, 6.07) is 12.4. The van der Waals surface area contributed by atoms with Gasteiger partial charge in [-0.3, -0.25) is 0 Å². The molecule has 0 bridgehead atoms. The summed E-state index contributed by atoms with van der Waals surface area (Å²) in [5.74, 6) is 1.38. The van der Waals surface area contributed by atoms with E-state index in [1.54, 1.807) is 24.3 Å². The Bertz CT molecular complexity index is 627. The van der Waals surface area contributed by atoms with Crippen LogP contribution in [0.1, 0.15) is 5.56 Å². The van der Waals surface area contributed by atoms with Crippen LogP contribution in [0.15, 0.2) is 42.5 Å². The van der Waals surface area contributed by atoms with E-state index in [1.165, 1.54) is 7.11 Å². The van der Waals surface area contributed by atoms with Gasteiger partial charge in [0.2, 0.25) is 5.75 Å². The third-order valence-electron chi connectivity index (χ3n) is 2.57. The van der Waals surface area contributed by atoms with Crippen LogP contribution >= 0.6 is 8.25 Å². The molecule has 0 spiro atoms. The molecule has 0 aliphatic carbocycles. The monoisotopic (exact) mass is 294 g/mol. The number of ether oxygens (including phenoxy) is 2. The Morgan fingerprint density at radius 1 is 1.10 bits per heavy atom. The van der Waals surface area contributed by atoms with Gasteiger partial charge in [0.05, 0.1) is 7.11 Å². The molecule has 1 unspecified atom stereocenters. The van der Waals surface area contributed by atoms with E-state index in [4.69, 9.17) is 18.9 Å². The molecule has 20 heavy (non-hydrogen) atoms. The van der Waals surface area contributed by atoms with Gasteiger partial charge in [-0.2, -0.15) is 0 Å². The fourth-order valence-corrected chi connectivity index (χ4v) is 2.11. The molecule has 2 rings (SSSR count). The van der Waals surface area contributed by atoms with Crippen molar-refractivity contribution in [2.24, 2.45) is 0 Å². The number of para-hydroxylation sites is 1. The molecule has 0 amide bonds. The summed E-state index contributed by atoms with van der Waals surface area (Å²) in [6.45, 7) is 1.95. The molecule has 0 heterocycles. The summed E-state index contributed by atoms with van der Waals surface area (Å²) in [5, 5.41) is 0. The summed E-state index contributed by atoms with van der Waals surface area (Å²) in [5.41, 5.74) is 1.04. The zero-order valence-corrected chi connectivity index (χ0v) is 12.1. The Morgan fingerprint density at radius 3 is 2.45 bits per heavy atom. The molecule has 5 nitrogen and oxygen atoms in total. The second-order valence-corrected chi connectivity index (χ2v) is 4.81. The van der Waals surface area contributed by atoms with Crippen molar-refractivity contribution in [2.75, 3.05) is 7.11 Å². The minimum atomic E-state index is -3.15. The first kappa shape index (κ1) is 14.4. The predicted octanol–water partition coefficient (Wildman–Crippen LogP) is 3.56. The fourth-order valence-electron chi connectivity index (χ4n) is 1.73. The lowest BCUT2D eigenvalue weighted by atomic mass is 10.2. The lowest BCUT2D eigenvalue weighted by molar-refractivity contribution is 0.358. The molecule has 0 fully saturated rings. The number of benzene rings is 2. The molecule has 1 atom stereocenters. The predicted molar refractivity (Wildman–Crippen MR) is 76.1 cm³/mol. The van der Waals surface area contributed by atoms with E-state index < -0.39 is 8.25 Å². The van der Waals surface area contributed by atoms with Crippen LogP contribution in [0.2, 0.25) is 0 Å². The minimum absolute atomic E-state index is 0.114. The van der Waals surface area contributed by atoms with Gasteiger partial charge in [-0.15, -0.1) is 0 Å². The maximum atomic E-state index is 10.9. The maximum Gasteiger partial charge on any atom is 0.365 e.